The van der Waals surface area contributed by atoms with Crippen LogP contribution in [-0.2, 0) is 14.4 Å². The van der Waals surface area contributed by atoms with Gasteiger partial charge in [0.1, 0.15) is 6.04 Å². The molecule has 4 rings (SSSR count). The molecule has 0 radical (unpaired) electrons. The Bertz CT molecular complexity index is 1210. The maximum Gasteiger partial charge on any atom is 0.247 e. The standard InChI is InChI=1S/C34H49N3O4S/c1-10-17-35(24-15-13-12-14-16-24)29(39)26-25-19-22(3)34(42-25)27(26)30(40)37(23(4)20-38)28(34)31(41)36(18-11-2)33(8,9)21-32(5,6)7/h10-16,22-23,25-28,38H,1-2,17-21H2,3-9H3/t22?,23-,25-,26+,27+,28?,34?/m1/s1. The van der Waals surface area contributed by atoms with Gasteiger partial charge < -0.3 is 19.8 Å². The Labute approximate surface area is 256 Å². The first-order valence-electron chi connectivity index (χ1n) is 15.2. The van der Waals surface area contributed by atoms with Crippen LogP contribution in [0, 0.1) is 23.2 Å². The van der Waals surface area contributed by atoms with Gasteiger partial charge in [0.05, 0.1) is 29.2 Å². The number of hydrogen-bond donors (Lipinski definition) is 1. The lowest BCUT2D eigenvalue weighted by molar-refractivity contribution is -0.149. The van der Waals surface area contributed by atoms with Gasteiger partial charge in [-0.2, -0.15) is 0 Å². The number of carbonyl (C=O) groups excluding carboxylic acids is 3. The molecule has 3 aliphatic heterocycles. The smallest absolute Gasteiger partial charge is 0.247 e. The number of hydrogen-bond acceptors (Lipinski definition) is 5. The molecule has 1 aromatic rings. The number of aliphatic hydroxyl groups excluding tert-OH is 1. The lowest BCUT2D eigenvalue weighted by Crippen LogP contribution is -2.62. The van der Waals surface area contributed by atoms with Crippen LogP contribution in [0.25, 0.3) is 0 Å². The number of carbonyl (C=O) groups is 3. The number of nitrogens with zero attached hydrogens (tertiary/aromatic N) is 3. The van der Waals surface area contributed by atoms with Gasteiger partial charge in [-0.15, -0.1) is 24.9 Å². The quantitative estimate of drug-likeness (QED) is 0.358. The van der Waals surface area contributed by atoms with E-state index >= 15 is 0 Å². The summed E-state index contributed by atoms with van der Waals surface area (Å²) in [7, 11) is 0. The zero-order valence-corrected chi connectivity index (χ0v) is 27.2. The van der Waals surface area contributed by atoms with E-state index in [1.54, 1.807) is 40.6 Å². The van der Waals surface area contributed by atoms with Crippen molar-refractivity contribution in [1.29, 1.82) is 0 Å². The number of fused-ring (bicyclic) bond motifs is 1. The summed E-state index contributed by atoms with van der Waals surface area (Å²) in [5, 5.41) is 10.2. The SMILES string of the molecule is C=CCN(C(=O)[C@@H]1[C@H]2C(=O)N([C@H](C)CO)C(C(=O)N(CC=C)C(C)(C)CC(C)(C)C)C23S[C@@H]1CC3C)c1ccccc1. The maximum absolute atomic E-state index is 14.9. The Balaban J connectivity index is 1.83. The van der Waals surface area contributed by atoms with Crippen molar-refractivity contribution in [2.45, 2.75) is 88.9 Å². The number of aliphatic hydroxyl groups is 1. The number of amides is 3. The van der Waals surface area contributed by atoms with E-state index < -0.39 is 34.2 Å². The maximum atomic E-state index is 14.9. The van der Waals surface area contributed by atoms with E-state index in [1.807, 2.05) is 35.2 Å². The third kappa shape index (κ3) is 5.34. The van der Waals surface area contributed by atoms with Gasteiger partial charge in [-0.05, 0) is 57.1 Å². The van der Waals surface area contributed by atoms with Crippen LogP contribution in [0.1, 0.15) is 61.3 Å². The third-order valence-corrected chi connectivity index (χ3v) is 11.4. The molecule has 42 heavy (non-hydrogen) atoms. The second kappa shape index (κ2) is 11.8. The van der Waals surface area contributed by atoms with Gasteiger partial charge in [0.2, 0.25) is 17.7 Å². The van der Waals surface area contributed by atoms with Crippen molar-refractivity contribution in [2.24, 2.45) is 23.2 Å². The number of anilines is 1. The van der Waals surface area contributed by atoms with Crippen molar-refractivity contribution in [2.75, 3.05) is 24.6 Å². The second-order valence-electron chi connectivity index (χ2n) is 14.2. The first-order valence-corrected chi connectivity index (χ1v) is 16.0. The Hall–Kier alpha value is -2.58. The topological polar surface area (TPSA) is 81.2 Å². The molecule has 0 saturated carbocycles. The highest BCUT2D eigenvalue weighted by atomic mass is 32.2. The van der Waals surface area contributed by atoms with Crippen LogP contribution in [0.5, 0.6) is 0 Å². The largest absolute Gasteiger partial charge is 0.394 e. The summed E-state index contributed by atoms with van der Waals surface area (Å²) in [6.07, 6.45) is 4.96. The van der Waals surface area contributed by atoms with Crippen LogP contribution < -0.4 is 4.90 Å². The molecule has 7 atom stereocenters. The Morgan fingerprint density at radius 1 is 1.12 bits per heavy atom. The normalized spacial score (nSPS) is 29.3. The summed E-state index contributed by atoms with van der Waals surface area (Å²) in [5.74, 6) is -1.62. The molecular weight excluding hydrogens is 546 g/mol. The number of thioether (sulfide) groups is 1. The van der Waals surface area contributed by atoms with Crippen molar-refractivity contribution in [3.05, 3.63) is 55.6 Å². The minimum absolute atomic E-state index is 0.0367. The van der Waals surface area contributed by atoms with E-state index in [0.717, 1.165) is 18.5 Å². The lowest BCUT2D eigenvalue weighted by atomic mass is 9.65. The molecule has 8 heteroatoms. The van der Waals surface area contributed by atoms with E-state index in [2.05, 4.69) is 54.7 Å². The zero-order chi connectivity index (χ0) is 31.2. The van der Waals surface area contributed by atoms with Gasteiger partial charge in [-0.25, -0.2) is 0 Å². The molecule has 3 unspecified atom stereocenters. The summed E-state index contributed by atoms with van der Waals surface area (Å²) >= 11 is 1.67. The molecule has 1 aromatic carbocycles. The molecule has 0 aromatic heterocycles. The fraction of sp³-hybridized carbons (Fsp3) is 0.618. The average molecular weight is 596 g/mol. The van der Waals surface area contributed by atoms with Gasteiger partial charge in [-0.3, -0.25) is 14.4 Å². The second-order valence-corrected chi connectivity index (χ2v) is 15.7. The Morgan fingerprint density at radius 2 is 1.74 bits per heavy atom. The highest BCUT2D eigenvalue weighted by molar-refractivity contribution is 8.02. The zero-order valence-electron chi connectivity index (χ0n) is 26.4. The van der Waals surface area contributed by atoms with Crippen LogP contribution >= 0.6 is 11.8 Å². The average Bonchev–Trinajstić information content (AvgIpc) is 3.51. The van der Waals surface area contributed by atoms with E-state index in [4.69, 9.17) is 0 Å². The van der Waals surface area contributed by atoms with Crippen molar-refractivity contribution in [3.8, 4) is 0 Å². The monoisotopic (exact) mass is 595 g/mol. The molecule has 1 N–H and O–H groups in total. The van der Waals surface area contributed by atoms with Crippen molar-refractivity contribution < 1.29 is 19.5 Å². The van der Waals surface area contributed by atoms with Crippen LogP contribution in [0.15, 0.2) is 55.6 Å². The van der Waals surface area contributed by atoms with Gasteiger partial charge in [0.25, 0.3) is 0 Å². The Morgan fingerprint density at radius 3 is 2.29 bits per heavy atom. The molecule has 3 amide bonds. The molecule has 3 saturated heterocycles. The predicted octanol–water partition coefficient (Wildman–Crippen LogP) is 5.15. The Kier molecular flexibility index (Phi) is 9.11. The third-order valence-electron chi connectivity index (χ3n) is 9.36. The molecule has 0 aliphatic carbocycles. The highest BCUT2D eigenvalue weighted by Crippen LogP contribution is 2.69. The van der Waals surface area contributed by atoms with Gasteiger partial charge in [-0.1, -0.05) is 58.0 Å². The predicted molar refractivity (Wildman–Crippen MR) is 171 cm³/mol. The van der Waals surface area contributed by atoms with Gasteiger partial charge >= 0.3 is 0 Å². The molecule has 3 fully saturated rings. The van der Waals surface area contributed by atoms with Crippen molar-refractivity contribution in [3.63, 3.8) is 0 Å². The summed E-state index contributed by atoms with van der Waals surface area (Å²) in [6, 6.07) is 8.13. The number of rotatable bonds is 11. The fourth-order valence-corrected chi connectivity index (χ4v) is 10.5. The van der Waals surface area contributed by atoms with E-state index in [9.17, 15) is 19.5 Å². The van der Waals surface area contributed by atoms with Crippen molar-refractivity contribution in [1.82, 2.24) is 9.80 Å². The van der Waals surface area contributed by atoms with Crippen LogP contribution in [-0.4, -0.2) is 79.9 Å². The number of para-hydroxylation sites is 1. The molecule has 3 aliphatic rings. The first-order chi connectivity index (χ1) is 19.7. The summed E-state index contributed by atoms with van der Waals surface area (Å²) in [4.78, 5) is 49.1. The number of benzene rings is 1. The van der Waals surface area contributed by atoms with Gasteiger partial charge in [0.15, 0.2) is 0 Å². The molecular formula is C34H49N3O4S. The summed E-state index contributed by atoms with van der Waals surface area (Å²) in [6.45, 7) is 22.8. The van der Waals surface area contributed by atoms with E-state index in [0.29, 0.717) is 13.1 Å². The first kappa shape index (κ1) is 32.3. The van der Waals surface area contributed by atoms with Crippen LogP contribution in [0.3, 0.4) is 0 Å². The molecule has 7 nitrogen and oxygen atoms in total. The molecule has 2 bridgehead atoms. The minimum atomic E-state index is -0.788. The van der Waals surface area contributed by atoms with E-state index in [-0.39, 0.29) is 40.9 Å². The van der Waals surface area contributed by atoms with Gasteiger partial charge in [0, 0.05) is 29.6 Å². The molecule has 230 valence electrons. The highest BCUT2D eigenvalue weighted by Gasteiger charge is 2.77. The fourth-order valence-electron chi connectivity index (χ4n) is 8.13. The van der Waals surface area contributed by atoms with Crippen molar-refractivity contribution >= 4 is 35.2 Å². The molecule has 1 spiro atoms. The minimum Gasteiger partial charge on any atom is -0.394 e. The summed E-state index contributed by atoms with van der Waals surface area (Å²) in [5.41, 5.74) is 0.214. The summed E-state index contributed by atoms with van der Waals surface area (Å²) < 4.78 is -0.768. The van der Waals surface area contributed by atoms with Crippen LogP contribution in [0.4, 0.5) is 5.69 Å². The van der Waals surface area contributed by atoms with E-state index in [1.165, 1.54) is 0 Å². The number of likely N-dealkylation sites (tertiary alicyclic amines) is 1. The lowest BCUT2D eigenvalue weighted by Gasteiger charge is -2.47. The van der Waals surface area contributed by atoms with Crippen LogP contribution in [0.2, 0.25) is 0 Å². The molecule has 3 heterocycles.